The molecule has 3 rings (SSSR count). The molecule has 0 radical (unpaired) electrons. The van der Waals surface area contributed by atoms with E-state index >= 15 is 0 Å². The fourth-order valence-electron chi connectivity index (χ4n) is 3.37. The summed E-state index contributed by atoms with van der Waals surface area (Å²) in [6, 6.07) is 15.1. The van der Waals surface area contributed by atoms with Gasteiger partial charge in [-0.05, 0) is 43.5 Å². The highest BCUT2D eigenvalue weighted by atomic mass is 35.5. The van der Waals surface area contributed by atoms with E-state index in [9.17, 15) is 4.79 Å². The predicted molar refractivity (Wildman–Crippen MR) is 120 cm³/mol. The van der Waals surface area contributed by atoms with Gasteiger partial charge in [-0.1, -0.05) is 55.8 Å². The molecule has 1 aromatic heterocycles. The van der Waals surface area contributed by atoms with Crippen LogP contribution in [-0.4, -0.2) is 21.6 Å². The molecule has 29 heavy (non-hydrogen) atoms. The highest BCUT2D eigenvalue weighted by Gasteiger charge is 2.25. The molecule has 0 spiro atoms. The summed E-state index contributed by atoms with van der Waals surface area (Å²) in [5.41, 5.74) is 7.41. The Balaban J connectivity index is 2.18. The van der Waals surface area contributed by atoms with Crippen molar-refractivity contribution in [2.45, 2.75) is 45.8 Å². The highest BCUT2D eigenvalue weighted by molar-refractivity contribution is 6.31. The van der Waals surface area contributed by atoms with Gasteiger partial charge in [-0.3, -0.25) is 9.36 Å². The van der Waals surface area contributed by atoms with E-state index in [1.165, 1.54) is 0 Å². The summed E-state index contributed by atoms with van der Waals surface area (Å²) in [5, 5.41) is 4.66. The average molecular weight is 413 g/mol. The fourth-order valence-corrected chi connectivity index (χ4v) is 3.53. The van der Waals surface area contributed by atoms with Gasteiger partial charge in [0.1, 0.15) is 5.82 Å². The number of hydrogen-bond acceptors (Lipinski definition) is 4. The molecular formula is C23H29ClN4O. The normalized spacial score (nSPS) is 13.2. The molecule has 1 unspecified atom stereocenters. The van der Waals surface area contributed by atoms with Crippen molar-refractivity contribution >= 4 is 22.5 Å². The van der Waals surface area contributed by atoms with Gasteiger partial charge in [0, 0.05) is 17.1 Å². The zero-order valence-corrected chi connectivity index (χ0v) is 18.2. The third-order valence-corrected chi connectivity index (χ3v) is 5.09. The van der Waals surface area contributed by atoms with E-state index in [4.69, 9.17) is 22.3 Å². The van der Waals surface area contributed by atoms with E-state index in [0.29, 0.717) is 34.8 Å². The standard InChI is InChI=1S/C23H29ClN4O/c1-15(2)20(26-14-23(3,4)25)21-27-19-12-17(24)10-11-18(19)22(29)28(21)13-16-8-6-5-7-9-16/h5-12,15,20,26H,13-14,25H2,1-4H3. The first-order valence-corrected chi connectivity index (χ1v) is 10.3. The van der Waals surface area contributed by atoms with E-state index in [2.05, 4.69) is 19.2 Å². The lowest BCUT2D eigenvalue weighted by molar-refractivity contribution is 0.341. The second kappa shape index (κ2) is 8.66. The van der Waals surface area contributed by atoms with Gasteiger partial charge in [0.15, 0.2) is 0 Å². The summed E-state index contributed by atoms with van der Waals surface area (Å²) in [6.45, 7) is 9.23. The molecule has 3 N–H and O–H groups in total. The molecule has 2 aromatic carbocycles. The molecule has 154 valence electrons. The van der Waals surface area contributed by atoms with Crippen molar-refractivity contribution in [3.8, 4) is 0 Å². The molecule has 0 aliphatic heterocycles. The Morgan fingerprint density at radius 2 is 1.86 bits per heavy atom. The summed E-state index contributed by atoms with van der Waals surface area (Å²) in [4.78, 5) is 18.3. The lowest BCUT2D eigenvalue weighted by Gasteiger charge is -2.29. The molecule has 1 heterocycles. The Hall–Kier alpha value is -2.21. The molecule has 5 nitrogen and oxygen atoms in total. The first-order valence-electron chi connectivity index (χ1n) is 9.92. The van der Waals surface area contributed by atoms with Crippen LogP contribution in [0.4, 0.5) is 0 Å². The van der Waals surface area contributed by atoms with E-state index < -0.39 is 0 Å². The second-order valence-electron chi connectivity index (χ2n) is 8.60. The molecule has 0 aliphatic rings. The summed E-state index contributed by atoms with van der Waals surface area (Å²) in [6.07, 6.45) is 0. The van der Waals surface area contributed by atoms with Crippen LogP contribution in [-0.2, 0) is 6.54 Å². The first kappa shape index (κ1) is 21.5. The van der Waals surface area contributed by atoms with Gasteiger partial charge in [0.2, 0.25) is 0 Å². The van der Waals surface area contributed by atoms with Crippen molar-refractivity contribution in [1.29, 1.82) is 0 Å². The molecule has 3 aromatic rings. The number of nitrogens with one attached hydrogen (secondary N) is 1. The number of rotatable bonds is 7. The molecule has 0 saturated carbocycles. The minimum atomic E-state index is -0.377. The van der Waals surface area contributed by atoms with Gasteiger partial charge in [-0.25, -0.2) is 4.98 Å². The van der Waals surface area contributed by atoms with E-state index in [-0.39, 0.29) is 23.1 Å². The number of fused-ring (bicyclic) bond motifs is 1. The molecular weight excluding hydrogens is 384 g/mol. The molecule has 0 saturated heterocycles. The minimum Gasteiger partial charge on any atom is -0.324 e. The number of hydrogen-bond donors (Lipinski definition) is 2. The van der Waals surface area contributed by atoms with Gasteiger partial charge in [0.05, 0.1) is 23.5 Å². The Morgan fingerprint density at radius 1 is 1.17 bits per heavy atom. The molecule has 6 heteroatoms. The van der Waals surface area contributed by atoms with E-state index in [0.717, 1.165) is 5.56 Å². The summed E-state index contributed by atoms with van der Waals surface area (Å²) < 4.78 is 1.77. The molecule has 0 fully saturated rings. The quantitative estimate of drug-likeness (QED) is 0.612. The number of nitrogens with two attached hydrogens (primary N) is 1. The highest BCUT2D eigenvalue weighted by Crippen LogP contribution is 2.24. The van der Waals surface area contributed by atoms with Crippen molar-refractivity contribution in [3.05, 3.63) is 75.3 Å². The number of halogens is 1. The van der Waals surface area contributed by atoms with Crippen LogP contribution in [0, 0.1) is 5.92 Å². The largest absolute Gasteiger partial charge is 0.324 e. The van der Waals surface area contributed by atoms with Crippen LogP contribution in [0.5, 0.6) is 0 Å². The van der Waals surface area contributed by atoms with E-state index in [1.54, 1.807) is 22.8 Å². The van der Waals surface area contributed by atoms with Gasteiger partial charge in [0.25, 0.3) is 5.56 Å². The van der Waals surface area contributed by atoms with Crippen molar-refractivity contribution in [1.82, 2.24) is 14.9 Å². The van der Waals surface area contributed by atoms with Crippen molar-refractivity contribution < 1.29 is 0 Å². The van der Waals surface area contributed by atoms with Gasteiger partial charge in [-0.2, -0.15) is 0 Å². The third-order valence-electron chi connectivity index (χ3n) is 4.85. The molecule has 0 amide bonds. The lowest BCUT2D eigenvalue weighted by atomic mass is 10.00. The van der Waals surface area contributed by atoms with Crippen LogP contribution in [0.3, 0.4) is 0 Å². The number of aromatic nitrogens is 2. The Kier molecular flexibility index (Phi) is 6.42. The maximum atomic E-state index is 13.4. The Morgan fingerprint density at radius 3 is 2.48 bits per heavy atom. The summed E-state index contributed by atoms with van der Waals surface area (Å²) >= 11 is 6.18. The Bertz CT molecular complexity index is 1040. The van der Waals surface area contributed by atoms with E-state index in [1.807, 2.05) is 44.2 Å². The van der Waals surface area contributed by atoms with Crippen LogP contribution in [0.1, 0.15) is 45.1 Å². The SMILES string of the molecule is CC(C)C(NCC(C)(C)N)c1nc2cc(Cl)ccc2c(=O)n1Cc1ccccc1. The molecule has 0 bridgehead atoms. The van der Waals surface area contributed by atoms with Crippen LogP contribution in [0.2, 0.25) is 5.02 Å². The van der Waals surface area contributed by atoms with Crippen LogP contribution < -0.4 is 16.6 Å². The average Bonchev–Trinajstić information content (AvgIpc) is 2.64. The maximum Gasteiger partial charge on any atom is 0.261 e. The van der Waals surface area contributed by atoms with Crippen LogP contribution in [0.25, 0.3) is 10.9 Å². The first-order chi connectivity index (χ1) is 13.7. The molecule has 0 aliphatic carbocycles. The van der Waals surface area contributed by atoms with Crippen LogP contribution >= 0.6 is 11.6 Å². The van der Waals surface area contributed by atoms with Crippen molar-refractivity contribution in [2.75, 3.05) is 6.54 Å². The zero-order chi connectivity index (χ0) is 21.2. The Labute approximate surface area is 176 Å². The number of benzene rings is 2. The molecule has 1 atom stereocenters. The summed E-state index contributed by atoms with van der Waals surface area (Å²) in [5.74, 6) is 0.913. The van der Waals surface area contributed by atoms with Gasteiger partial charge >= 0.3 is 0 Å². The smallest absolute Gasteiger partial charge is 0.261 e. The topological polar surface area (TPSA) is 72.9 Å². The van der Waals surface area contributed by atoms with Gasteiger partial charge < -0.3 is 11.1 Å². The minimum absolute atomic E-state index is 0.0648. The monoisotopic (exact) mass is 412 g/mol. The number of nitrogens with zero attached hydrogens (tertiary/aromatic N) is 2. The van der Waals surface area contributed by atoms with Gasteiger partial charge in [-0.15, -0.1) is 0 Å². The maximum absolute atomic E-state index is 13.4. The lowest BCUT2D eigenvalue weighted by Crippen LogP contribution is -2.46. The third kappa shape index (κ3) is 5.24. The van der Waals surface area contributed by atoms with Crippen molar-refractivity contribution in [2.24, 2.45) is 11.7 Å². The van der Waals surface area contributed by atoms with Crippen LogP contribution in [0.15, 0.2) is 53.3 Å². The van der Waals surface area contributed by atoms with Crippen molar-refractivity contribution in [3.63, 3.8) is 0 Å². The summed E-state index contributed by atoms with van der Waals surface area (Å²) in [7, 11) is 0. The zero-order valence-electron chi connectivity index (χ0n) is 17.4. The fraction of sp³-hybridized carbons (Fsp3) is 0.391. The predicted octanol–water partition coefficient (Wildman–Crippen LogP) is 4.12. The second-order valence-corrected chi connectivity index (χ2v) is 9.04.